The number of hydrogen-bond acceptors (Lipinski definition) is 1. The molecule has 0 bridgehead atoms. The molecule has 1 heterocycles. The van der Waals surface area contributed by atoms with Crippen molar-refractivity contribution < 1.29 is 4.79 Å². The summed E-state index contributed by atoms with van der Waals surface area (Å²) in [6.45, 7) is 0. The number of benzene rings is 1. The maximum atomic E-state index is 10.7. The van der Waals surface area contributed by atoms with Gasteiger partial charge in [0.2, 0.25) is 0 Å². The maximum absolute atomic E-state index is 10.7. The van der Waals surface area contributed by atoms with Gasteiger partial charge in [-0.05, 0) is 30.5 Å². The summed E-state index contributed by atoms with van der Waals surface area (Å²) in [5, 5.41) is 0. The molecule has 0 aliphatic rings. The number of carbonyl (C=O) groups excluding carboxylic acids is 1. The number of aldehydes is 1. The Balaban J connectivity index is 2.05. The summed E-state index contributed by atoms with van der Waals surface area (Å²) in [5.74, 6) is 0. The summed E-state index contributed by atoms with van der Waals surface area (Å²) < 4.78 is 1.95. The Bertz CT molecular complexity index is 471. The molecule has 0 saturated heterocycles. The van der Waals surface area contributed by atoms with Gasteiger partial charge in [-0.2, -0.15) is 0 Å². The van der Waals surface area contributed by atoms with Crippen LogP contribution in [0.2, 0.25) is 0 Å². The molecule has 2 heteroatoms. The predicted molar refractivity (Wildman–Crippen MR) is 64.7 cm³/mol. The van der Waals surface area contributed by atoms with Gasteiger partial charge in [0.05, 0.1) is 5.69 Å². The monoisotopic (exact) mass is 213 g/mol. The van der Waals surface area contributed by atoms with Crippen molar-refractivity contribution in [2.24, 2.45) is 7.05 Å². The highest BCUT2D eigenvalue weighted by Crippen LogP contribution is 2.09. The van der Waals surface area contributed by atoms with Crippen LogP contribution in [0, 0.1) is 0 Å². The average Bonchev–Trinajstić information content (AvgIpc) is 2.69. The Labute approximate surface area is 95.5 Å². The van der Waals surface area contributed by atoms with E-state index in [2.05, 4.69) is 24.3 Å². The van der Waals surface area contributed by atoms with Gasteiger partial charge in [-0.3, -0.25) is 4.79 Å². The zero-order valence-corrected chi connectivity index (χ0v) is 9.39. The molecule has 2 nitrogen and oxygen atoms in total. The quantitative estimate of drug-likeness (QED) is 0.715. The second-order valence-corrected chi connectivity index (χ2v) is 3.91. The van der Waals surface area contributed by atoms with Gasteiger partial charge in [0.15, 0.2) is 6.29 Å². The summed E-state index contributed by atoms with van der Waals surface area (Å²) in [5.41, 5.74) is 3.27. The Morgan fingerprint density at radius 1 is 1.06 bits per heavy atom. The molecule has 1 aromatic carbocycles. The number of rotatable bonds is 4. The molecule has 2 rings (SSSR count). The van der Waals surface area contributed by atoms with Crippen molar-refractivity contribution in [3.8, 4) is 0 Å². The first-order valence-electron chi connectivity index (χ1n) is 5.45. The van der Waals surface area contributed by atoms with Gasteiger partial charge in [0, 0.05) is 12.7 Å². The lowest BCUT2D eigenvalue weighted by Gasteiger charge is -2.04. The van der Waals surface area contributed by atoms with Gasteiger partial charge in [0.25, 0.3) is 0 Å². The lowest BCUT2D eigenvalue weighted by atomic mass is 10.1. The van der Waals surface area contributed by atoms with E-state index >= 15 is 0 Å². The third-order valence-corrected chi connectivity index (χ3v) is 2.90. The smallest absolute Gasteiger partial charge is 0.166 e. The largest absolute Gasteiger partial charge is 0.346 e. The molecule has 0 N–H and O–H groups in total. The zero-order chi connectivity index (χ0) is 11.4. The van der Waals surface area contributed by atoms with Crippen LogP contribution in [0.4, 0.5) is 0 Å². The number of carbonyl (C=O) groups is 1. The highest BCUT2D eigenvalue weighted by molar-refractivity contribution is 5.72. The molecule has 0 aliphatic carbocycles. The fourth-order valence-corrected chi connectivity index (χ4v) is 1.86. The Morgan fingerprint density at radius 2 is 1.81 bits per heavy atom. The fourth-order valence-electron chi connectivity index (χ4n) is 1.86. The van der Waals surface area contributed by atoms with Crippen LogP contribution in [0.1, 0.15) is 21.7 Å². The van der Waals surface area contributed by atoms with Crippen molar-refractivity contribution in [2.45, 2.75) is 12.8 Å². The van der Waals surface area contributed by atoms with Crippen LogP contribution in [-0.4, -0.2) is 10.9 Å². The van der Waals surface area contributed by atoms with Gasteiger partial charge < -0.3 is 4.57 Å². The Hall–Kier alpha value is -1.83. The Kier molecular flexibility index (Phi) is 3.20. The first-order chi connectivity index (χ1) is 7.81. The van der Waals surface area contributed by atoms with Crippen LogP contribution >= 0.6 is 0 Å². The summed E-state index contributed by atoms with van der Waals surface area (Å²) >= 11 is 0. The minimum absolute atomic E-state index is 0.739. The van der Waals surface area contributed by atoms with E-state index in [9.17, 15) is 4.79 Å². The van der Waals surface area contributed by atoms with E-state index in [1.165, 1.54) is 11.3 Å². The molecule has 16 heavy (non-hydrogen) atoms. The summed E-state index contributed by atoms with van der Waals surface area (Å²) in [7, 11) is 1.93. The molecule has 0 aliphatic heterocycles. The second kappa shape index (κ2) is 4.79. The summed E-state index contributed by atoms with van der Waals surface area (Å²) in [4.78, 5) is 10.7. The van der Waals surface area contributed by atoms with E-state index in [0.717, 1.165) is 24.8 Å². The zero-order valence-electron chi connectivity index (χ0n) is 9.39. The van der Waals surface area contributed by atoms with Crippen LogP contribution in [0.15, 0.2) is 42.5 Å². The SMILES string of the molecule is Cn1c(C=O)ccc1CCc1ccccc1. The van der Waals surface area contributed by atoms with Gasteiger partial charge in [-0.1, -0.05) is 30.3 Å². The van der Waals surface area contributed by atoms with Gasteiger partial charge in [-0.25, -0.2) is 0 Å². The number of hydrogen-bond donors (Lipinski definition) is 0. The molecule has 0 saturated carbocycles. The molecule has 0 radical (unpaired) electrons. The number of nitrogens with zero attached hydrogens (tertiary/aromatic N) is 1. The number of aromatic nitrogens is 1. The lowest BCUT2D eigenvalue weighted by Crippen LogP contribution is -2.01. The normalized spacial score (nSPS) is 10.3. The average molecular weight is 213 g/mol. The fraction of sp³-hybridized carbons (Fsp3) is 0.214. The number of aryl methyl sites for hydroxylation is 2. The van der Waals surface area contributed by atoms with Crippen LogP contribution in [-0.2, 0) is 19.9 Å². The minimum Gasteiger partial charge on any atom is -0.346 e. The van der Waals surface area contributed by atoms with Crippen molar-refractivity contribution in [2.75, 3.05) is 0 Å². The van der Waals surface area contributed by atoms with E-state index < -0.39 is 0 Å². The van der Waals surface area contributed by atoms with E-state index in [1.54, 1.807) is 0 Å². The highest BCUT2D eigenvalue weighted by atomic mass is 16.1. The third-order valence-electron chi connectivity index (χ3n) is 2.90. The van der Waals surface area contributed by atoms with Crippen molar-refractivity contribution >= 4 is 6.29 Å². The highest BCUT2D eigenvalue weighted by Gasteiger charge is 2.03. The molecule has 1 aromatic heterocycles. The molecule has 0 amide bonds. The van der Waals surface area contributed by atoms with E-state index in [-0.39, 0.29) is 0 Å². The molecular formula is C14H15NO. The second-order valence-electron chi connectivity index (χ2n) is 3.91. The van der Waals surface area contributed by atoms with Crippen LogP contribution in [0.3, 0.4) is 0 Å². The standard InChI is InChI=1S/C14H15NO/c1-15-13(9-10-14(15)11-16)8-7-12-5-3-2-4-6-12/h2-6,9-11H,7-8H2,1H3. The van der Waals surface area contributed by atoms with Crippen LogP contribution in [0.5, 0.6) is 0 Å². The molecule has 82 valence electrons. The van der Waals surface area contributed by atoms with E-state index in [0.29, 0.717) is 0 Å². The molecular weight excluding hydrogens is 198 g/mol. The van der Waals surface area contributed by atoms with Crippen LogP contribution < -0.4 is 0 Å². The predicted octanol–water partition coefficient (Wildman–Crippen LogP) is 2.62. The van der Waals surface area contributed by atoms with Crippen LogP contribution in [0.25, 0.3) is 0 Å². The third kappa shape index (κ3) is 2.22. The Morgan fingerprint density at radius 3 is 2.44 bits per heavy atom. The van der Waals surface area contributed by atoms with Crippen molar-refractivity contribution in [3.05, 3.63) is 59.4 Å². The van der Waals surface area contributed by atoms with Crippen molar-refractivity contribution in [1.29, 1.82) is 0 Å². The van der Waals surface area contributed by atoms with E-state index in [4.69, 9.17) is 0 Å². The molecule has 0 atom stereocenters. The van der Waals surface area contributed by atoms with Gasteiger partial charge in [-0.15, -0.1) is 0 Å². The summed E-state index contributed by atoms with van der Waals surface area (Å²) in [6.07, 6.45) is 2.87. The molecule has 0 spiro atoms. The maximum Gasteiger partial charge on any atom is 0.166 e. The first kappa shape index (κ1) is 10.7. The van der Waals surface area contributed by atoms with Crippen molar-refractivity contribution in [3.63, 3.8) is 0 Å². The van der Waals surface area contributed by atoms with Crippen molar-refractivity contribution in [1.82, 2.24) is 4.57 Å². The summed E-state index contributed by atoms with van der Waals surface area (Å²) in [6, 6.07) is 14.3. The minimum atomic E-state index is 0.739. The molecule has 0 fully saturated rings. The lowest BCUT2D eigenvalue weighted by molar-refractivity contribution is 0.111. The molecule has 2 aromatic rings. The molecule has 0 unspecified atom stereocenters. The topological polar surface area (TPSA) is 22.0 Å². The van der Waals surface area contributed by atoms with E-state index in [1.807, 2.05) is 29.8 Å². The first-order valence-corrected chi connectivity index (χ1v) is 5.45. The van der Waals surface area contributed by atoms with Gasteiger partial charge in [0.1, 0.15) is 0 Å². The van der Waals surface area contributed by atoms with Gasteiger partial charge >= 0.3 is 0 Å².